The van der Waals surface area contributed by atoms with Crippen LogP contribution in [0.1, 0.15) is 30.9 Å². The van der Waals surface area contributed by atoms with Gasteiger partial charge in [0.25, 0.3) is 0 Å². The summed E-state index contributed by atoms with van der Waals surface area (Å²) < 4.78 is 13.2. The van der Waals surface area contributed by atoms with Crippen LogP contribution < -0.4 is 0 Å². The minimum absolute atomic E-state index is 0.565. The lowest BCUT2D eigenvalue weighted by molar-refractivity contribution is 0.310. The second-order valence-electron chi connectivity index (χ2n) is 3.58. The van der Waals surface area contributed by atoms with E-state index in [0.29, 0.717) is 12.8 Å². The van der Waals surface area contributed by atoms with Gasteiger partial charge in [-0.05, 0) is 18.9 Å². The molecule has 0 nitrogen and oxygen atoms in total. The molecule has 0 saturated heterocycles. The first-order valence-corrected chi connectivity index (χ1v) is 4.92. The normalized spacial score (nSPS) is 12.8. The fourth-order valence-corrected chi connectivity index (χ4v) is 1.51. The Kier molecular flexibility index (Phi) is 3.94. The summed E-state index contributed by atoms with van der Waals surface area (Å²) in [6, 6.07) is 8.08. The van der Waals surface area contributed by atoms with E-state index in [0.717, 1.165) is 12.0 Å². The quantitative estimate of drug-likeness (QED) is 0.663. The van der Waals surface area contributed by atoms with Crippen molar-refractivity contribution in [1.82, 2.24) is 0 Å². The van der Waals surface area contributed by atoms with Gasteiger partial charge in [-0.15, -0.1) is 0 Å². The number of halogens is 1. The molecule has 0 aliphatic carbocycles. The smallest absolute Gasteiger partial charge is 0.104 e. The molecule has 0 fully saturated rings. The van der Waals surface area contributed by atoms with Gasteiger partial charge >= 0.3 is 0 Å². The van der Waals surface area contributed by atoms with E-state index >= 15 is 0 Å². The SMILES string of the molecule is CCCC(F)Cc1cccc(C)c1. The van der Waals surface area contributed by atoms with Gasteiger partial charge < -0.3 is 0 Å². The van der Waals surface area contributed by atoms with E-state index in [9.17, 15) is 4.39 Å². The van der Waals surface area contributed by atoms with Crippen molar-refractivity contribution in [3.05, 3.63) is 35.4 Å². The molecule has 1 aromatic rings. The summed E-state index contributed by atoms with van der Waals surface area (Å²) in [6.07, 6.45) is 1.49. The highest BCUT2D eigenvalue weighted by Gasteiger charge is 2.05. The highest BCUT2D eigenvalue weighted by molar-refractivity contribution is 5.22. The predicted octanol–water partition coefficient (Wildman–Crippen LogP) is 3.68. The number of rotatable bonds is 4. The molecule has 0 amide bonds. The van der Waals surface area contributed by atoms with Crippen LogP contribution in [0.2, 0.25) is 0 Å². The van der Waals surface area contributed by atoms with Gasteiger partial charge in [-0.2, -0.15) is 0 Å². The topological polar surface area (TPSA) is 0 Å². The largest absolute Gasteiger partial charge is 0.247 e. The molecule has 0 N–H and O–H groups in total. The second-order valence-corrected chi connectivity index (χ2v) is 3.58. The van der Waals surface area contributed by atoms with Gasteiger partial charge in [-0.3, -0.25) is 0 Å². The Labute approximate surface area is 79.8 Å². The van der Waals surface area contributed by atoms with Crippen molar-refractivity contribution in [3.63, 3.8) is 0 Å². The van der Waals surface area contributed by atoms with Crippen LogP contribution in [0.4, 0.5) is 4.39 Å². The minimum Gasteiger partial charge on any atom is -0.247 e. The Morgan fingerprint density at radius 1 is 1.38 bits per heavy atom. The molecular weight excluding hydrogens is 163 g/mol. The lowest BCUT2D eigenvalue weighted by atomic mass is 10.0. The van der Waals surface area contributed by atoms with Crippen LogP contribution in [0.3, 0.4) is 0 Å². The summed E-state index contributed by atoms with van der Waals surface area (Å²) in [4.78, 5) is 0. The van der Waals surface area contributed by atoms with Gasteiger partial charge in [-0.25, -0.2) is 4.39 Å². The Morgan fingerprint density at radius 2 is 2.15 bits per heavy atom. The molecule has 0 heterocycles. The van der Waals surface area contributed by atoms with Crippen LogP contribution in [0.15, 0.2) is 24.3 Å². The summed E-state index contributed by atoms with van der Waals surface area (Å²) in [5, 5.41) is 0. The van der Waals surface area contributed by atoms with E-state index in [1.165, 1.54) is 5.56 Å². The summed E-state index contributed by atoms with van der Waals surface area (Å²) in [7, 11) is 0. The molecule has 1 atom stereocenters. The molecule has 0 aromatic heterocycles. The second kappa shape index (κ2) is 5.00. The van der Waals surface area contributed by atoms with E-state index in [1.54, 1.807) is 0 Å². The molecule has 1 heteroatoms. The minimum atomic E-state index is -0.674. The van der Waals surface area contributed by atoms with Crippen molar-refractivity contribution < 1.29 is 4.39 Å². The fraction of sp³-hybridized carbons (Fsp3) is 0.500. The van der Waals surface area contributed by atoms with Crippen molar-refractivity contribution >= 4 is 0 Å². The number of aryl methyl sites for hydroxylation is 1. The maximum Gasteiger partial charge on any atom is 0.104 e. The standard InChI is InChI=1S/C12H17F/c1-3-5-12(13)9-11-7-4-6-10(2)8-11/h4,6-8,12H,3,5,9H2,1-2H3. The first-order valence-electron chi connectivity index (χ1n) is 4.92. The Hall–Kier alpha value is -0.850. The number of benzene rings is 1. The lowest BCUT2D eigenvalue weighted by Crippen LogP contribution is -2.03. The maximum atomic E-state index is 13.2. The van der Waals surface area contributed by atoms with E-state index < -0.39 is 6.17 Å². The van der Waals surface area contributed by atoms with Gasteiger partial charge in [0.15, 0.2) is 0 Å². The summed E-state index contributed by atoms with van der Waals surface area (Å²) in [5.74, 6) is 0. The molecule has 1 aromatic carbocycles. The van der Waals surface area contributed by atoms with Gasteiger partial charge in [0.2, 0.25) is 0 Å². The van der Waals surface area contributed by atoms with Gasteiger partial charge in [0, 0.05) is 6.42 Å². The van der Waals surface area contributed by atoms with E-state index in [4.69, 9.17) is 0 Å². The van der Waals surface area contributed by atoms with E-state index in [1.807, 2.05) is 32.0 Å². The molecule has 0 radical (unpaired) electrons. The molecule has 0 saturated carbocycles. The molecule has 13 heavy (non-hydrogen) atoms. The van der Waals surface area contributed by atoms with E-state index in [-0.39, 0.29) is 0 Å². The molecule has 0 aliphatic rings. The average molecular weight is 180 g/mol. The van der Waals surface area contributed by atoms with Crippen LogP contribution in [0.25, 0.3) is 0 Å². The molecule has 0 spiro atoms. The third-order valence-electron chi connectivity index (χ3n) is 2.14. The average Bonchev–Trinajstić information content (AvgIpc) is 2.04. The highest BCUT2D eigenvalue weighted by Crippen LogP contribution is 2.11. The zero-order chi connectivity index (χ0) is 9.68. The Balaban J connectivity index is 2.53. The third-order valence-corrected chi connectivity index (χ3v) is 2.14. The zero-order valence-electron chi connectivity index (χ0n) is 8.39. The fourth-order valence-electron chi connectivity index (χ4n) is 1.51. The highest BCUT2D eigenvalue weighted by atomic mass is 19.1. The monoisotopic (exact) mass is 180 g/mol. The van der Waals surface area contributed by atoms with E-state index in [2.05, 4.69) is 6.07 Å². The van der Waals surface area contributed by atoms with Crippen molar-refractivity contribution in [2.45, 2.75) is 39.3 Å². The molecule has 1 rings (SSSR count). The first kappa shape index (κ1) is 10.2. The molecule has 72 valence electrons. The Bertz CT molecular complexity index is 255. The summed E-state index contributed by atoms with van der Waals surface area (Å²) >= 11 is 0. The number of hydrogen-bond donors (Lipinski definition) is 0. The van der Waals surface area contributed by atoms with Crippen molar-refractivity contribution in [1.29, 1.82) is 0 Å². The van der Waals surface area contributed by atoms with Crippen LogP contribution in [0.5, 0.6) is 0 Å². The van der Waals surface area contributed by atoms with Crippen molar-refractivity contribution in [2.24, 2.45) is 0 Å². The molecule has 1 unspecified atom stereocenters. The Morgan fingerprint density at radius 3 is 2.77 bits per heavy atom. The lowest BCUT2D eigenvalue weighted by Gasteiger charge is -2.06. The van der Waals surface area contributed by atoms with Crippen molar-refractivity contribution in [3.8, 4) is 0 Å². The summed E-state index contributed by atoms with van der Waals surface area (Å²) in [6.45, 7) is 4.05. The van der Waals surface area contributed by atoms with Crippen LogP contribution in [-0.4, -0.2) is 6.17 Å². The molecular formula is C12H17F. The predicted molar refractivity (Wildman–Crippen MR) is 54.7 cm³/mol. The van der Waals surface area contributed by atoms with Crippen LogP contribution >= 0.6 is 0 Å². The zero-order valence-corrected chi connectivity index (χ0v) is 8.39. The number of hydrogen-bond acceptors (Lipinski definition) is 0. The number of alkyl halides is 1. The third kappa shape index (κ3) is 3.58. The molecule has 0 aliphatic heterocycles. The van der Waals surface area contributed by atoms with Gasteiger partial charge in [-0.1, -0.05) is 43.2 Å². The van der Waals surface area contributed by atoms with Gasteiger partial charge in [0.1, 0.15) is 6.17 Å². The first-order chi connectivity index (χ1) is 6.22. The van der Waals surface area contributed by atoms with Gasteiger partial charge in [0.05, 0.1) is 0 Å². The maximum absolute atomic E-state index is 13.2. The summed E-state index contributed by atoms with van der Waals surface area (Å²) in [5.41, 5.74) is 2.32. The van der Waals surface area contributed by atoms with Crippen LogP contribution in [-0.2, 0) is 6.42 Å². The van der Waals surface area contributed by atoms with Crippen LogP contribution in [0, 0.1) is 6.92 Å². The molecule has 0 bridgehead atoms. The van der Waals surface area contributed by atoms with Crippen molar-refractivity contribution in [2.75, 3.05) is 0 Å².